The van der Waals surface area contributed by atoms with E-state index >= 15 is 0 Å². The molecule has 0 spiro atoms. The van der Waals surface area contributed by atoms with Gasteiger partial charge in [0.05, 0.1) is 0 Å². The largest absolute Gasteiger partial charge is 0.477 e. The summed E-state index contributed by atoms with van der Waals surface area (Å²) in [7, 11) is 0. The van der Waals surface area contributed by atoms with Crippen molar-refractivity contribution in [2.24, 2.45) is 0 Å². The lowest BCUT2D eigenvalue weighted by Gasteiger charge is -2.04. The van der Waals surface area contributed by atoms with E-state index in [9.17, 15) is 22.8 Å². The van der Waals surface area contributed by atoms with Gasteiger partial charge in [-0.05, 0) is 0 Å². The van der Waals surface area contributed by atoms with Crippen LogP contribution in [-0.4, -0.2) is 16.1 Å². The fourth-order valence-electron chi connectivity index (χ4n) is 0.817. The number of aromatic carboxylic acids is 1. The van der Waals surface area contributed by atoms with Crippen LogP contribution in [0.15, 0.2) is 17.1 Å². The Labute approximate surface area is 75.0 Å². The molecule has 0 aliphatic heterocycles. The van der Waals surface area contributed by atoms with Gasteiger partial charge in [-0.3, -0.25) is 4.79 Å². The molecule has 4 nitrogen and oxygen atoms in total. The monoisotopic (exact) mass is 207 g/mol. The summed E-state index contributed by atoms with van der Waals surface area (Å²) in [5.74, 6) is -1.49. The topological polar surface area (TPSA) is 70.2 Å². The highest BCUT2D eigenvalue weighted by Gasteiger charge is 2.33. The smallest absolute Gasteiger partial charge is 0.421 e. The SMILES string of the molecule is O=C(O)c1cc(=O)c(C(F)(F)F)c[nH]1. The molecule has 0 unspecified atom stereocenters. The molecule has 1 aromatic heterocycles. The number of aromatic amines is 1. The van der Waals surface area contributed by atoms with E-state index in [1.807, 2.05) is 4.98 Å². The summed E-state index contributed by atoms with van der Waals surface area (Å²) in [6, 6.07) is 0.394. The number of hydrogen-bond donors (Lipinski definition) is 2. The summed E-state index contributed by atoms with van der Waals surface area (Å²) in [6.07, 6.45) is -4.43. The van der Waals surface area contributed by atoms with E-state index in [-0.39, 0.29) is 0 Å². The van der Waals surface area contributed by atoms with Crippen molar-refractivity contribution in [2.45, 2.75) is 6.18 Å². The first-order valence-corrected chi connectivity index (χ1v) is 3.35. The molecule has 1 aromatic rings. The lowest BCUT2D eigenvalue weighted by molar-refractivity contribution is -0.138. The van der Waals surface area contributed by atoms with Crippen molar-refractivity contribution in [1.29, 1.82) is 0 Å². The zero-order valence-electron chi connectivity index (χ0n) is 6.55. The number of halogens is 3. The molecule has 0 atom stereocenters. The summed E-state index contributed by atoms with van der Waals surface area (Å²) in [5.41, 5.74) is -3.36. The molecule has 1 rings (SSSR count). The predicted molar refractivity (Wildman–Crippen MR) is 39.0 cm³/mol. The predicted octanol–water partition coefficient (Wildman–Crippen LogP) is 1.09. The first kappa shape index (κ1) is 10.3. The Hall–Kier alpha value is -1.79. The van der Waals surface area contributed by atoms with E-state index in [0.29, 0.717) is 12.3 Å². The second-order valence-electron chi connectivity index (χ2n) is 2.43. The van der Waals surface area contributed by atoms with Gasteiger partial charge >= 0.3 is 12.1 Å². The van der Waals surface area contributed by atoms with Gasteiger partial charge in [0.25, 0.3) is 0 Å². The second-order valence-corrected chi connectivity index (χ2v) is 2.43. The van der Waals surface area contributed by atoms with Crippen LogP contribution in [0.4, 0.5) is 13.2 Å². The average molecular weight is 207 g/mol. The zero-order valence-corrected chi connectivity index (χ0v) is 6.55. The number of carbonyl (C=O) groups is 1. The Kier molecular flexibility index (Phi) is 2.33. The number of nitrogens with one attached hydrogen (secondary N) is 1. The van der Waals surface area contributed by atoms with Crippen molar-refractivity contribution in [3.8, 4) is 0 Å². The van der Waals surface area contributed by atoms with Crippen LogP contribution in [0, 0.1) is 0 Å². The number of alkyl halides is 3. The number of hydrogen-bond acceptors (Lipinski definition) is 2. The molecule has 0 saturated carbocycles. The molecule has 0 aromatic carbocycles. The van der Waals surface area contributed by atoms with Crippen LogP contribution in [0.3, 0.4) is 0 Å². The number of pyridine rings is 1. The molecular formula is C7H4F3NO3. The molecule has 0 aliphatic rings. The van der Waals surface area contributed by atoms with E-state index in [4.69, 9.17) is 5.11 Å². The summed E-state index contributed by atoms with van der Waals surface area (Å²) < 4.78 is 36.0. The molecule has 0 bridgehead atoms. The Morgan fingerprint density at radius 3 is 2.36 bits per heavy atom. The molecule has 0 aliphatic carbocycles. The highest BCUT2D eigenvalue weighted by molar-refractivity contribution is 5.85. The molecule has 76 valence electrons. The number of rotatable bonds is 1. The first-order valence-electron chi connectivity index (χ1n) is 3.35. The van der Waals surface area contributed by atoms with Crippen molar-refractivity contribution in [3.63, 3.8) is 0 Å². The Morgan fingerprint density at radius 1 is 1.43 bits per heavy atom. The minimum Gasteiger partial charge on any atom is -0.477 e. The standard InChI is InChI=1S/C7H4F3NO3/c8-7(9,10)3-2-11-4(6(13)14)1-5(3)12/h1-2H,(H,11,12)(H,13,14). The van der Waals surface area contributed by atoms with Crippen LogP contribution < -0.4 is 5.43 Å². The maximum Gasteiger partial charge on any atom is 0.421 e. The zero-order chi connectivity index (χ0) is 10.9. The molecular weight excluding hydrogens is 203 g/mol. The Bertz CT molecular complexity index is 421. The molecule has 0 amide bonds. The molecule has 0 fully saturated rings. The van der Waals surface area contributed by atoms with Crippen molar-refractivity contribution in [1.82, 2.24) is 4.98 Å². The summed E-state index contributed by atoms with van der Waals surface area (Å²) >= 11 is 0. The minimum absolute atomic E-state index is 0.339. The lowest BCUT2D eigenvalue weighted by atomic mass is 10.2. The third-order valence-electron chi connectivity index (χ3n) is 1.45. The van der Waals surface area contributed by atoms with Gasteiger partial charge in [0.1, 0.15) is 11.3 Å². The van der Waals surface area contributed by atoms with Crippen molar-refractivity contribution in [3.05, 3.63) is 33.7 Å². The molecule has 0 radical (unpaired) electrons. The highest BCUT2D eigenvalue weighted by atomic mass is 19.4. The Morgan fingerprint density at radius 2 is 2.00 bits per heavy atom. The van der Waals surface area contributed by atoms with Crippen LogP contribution in [0.25, 0.3) is 0 Å². The van der Waals surface area contributed by atoms with Crippen molar-refractivity contribution < 1.29 is 23.1 Å². The van der Waals surface area contributed by atoms with E-state index in [0.717, 1.165) is 0 Å². The van der Waals surface area contributed by atoms with Gasteiger partial charge in [-0.2, -0.15) is 13.2 Å². The molecule has 2 N–H and O–H groups in total. The van der Waals surface area contributed by atoms with Gasteiger partial charge in [-0.1, -0.05) is 0 Å². The van der Waals surface area contributed by atoms with Crippen LogP contribution in [-0.2, 0) is 6.18 Å². The summed E-state index contributed by atoms with van der Waals surface area (Å²) in [5, 5.41) is 8.35. The van der Waals surface area contributed by atoms with Gasteiger partial charge in [0.2, 0.25) is 0 Å². The van der Waals surface area contributed by atoms with Gasteiger partial charge in [0, 0.05) is 12.3 Å². The first-order chi connectivity index (χ1) is 6.32. The molecule has 1 heterocycles. The molecule has 14 heavy (non-hydrogen) atoms. The fourth-order valence-corrected chi connectivity index (χ4v) is 0.817. The van der Waals surface area contributed by atoms with E-state index in [1.54, 1.807) is 0 Å². The second kappa shape index (κ2) is 3.17. The lowest BCUT2D eigenvalue weighted by Crippen LogP contribution is -2.20. The molecule has 0 saturated heterocycles. The van der Waals surface area contributed by atoms with Crippen molar-refractivity contribution in [2.75, 3.05) is 0 Å². The highest BCUT2D eigenvalue weighted by Crippen LogP contribution is 2.25. The van der Waals surface area contributed by atoms with Crippen LogP contribution in [0.1, 0.15) is 16.1 Å². The van der Waals surface area contributed by atoms with Crippen LogP contribution in [0.2, 0.25) is 0 Å². The summed E-state index contributed by atoms with van der Waals surface area (Å²) in [4.78, 5) is 22.9. The summed E-state index contributed by atoms with van der Waals surface area (Å²) in [6.45, 7) is 0. The number of carboxylic acids is 1. The minimum atomic E-state index is -4.77. The van der Waals surface area contributed by atoms with Gasteiger partial charge in [-0.15, -0.1) is 0 Å². The van der Waals surface area contributed by atoms with Gasteiger partial charge in [0.15, 0.2) is 5.43 Å². The number of carboxylic acid groups (broad SMARTS) is 1. The van der Waals surface area contributed by atoms with E-state index in [1.165, 1.54) is 0 Å². The quantitative estimate of drug-likeness (QED) is 0.724. The van der Waals surface area contributed by atoms with Crippen molar-refractivity contribution >= 4 is 5.97 Å². The fraction of sp³-hybridized carbons (Fsp3) is 0.143. The van der Waals surface area contributed by atoms with Crippen LogP contribution in [0.5, 0.6) is 0 Å². The molecule has 7 heteroatoms. The average Bonchev–Trinajstić information content (AvgIpc) is 2.01. The number of aromatic nitrogens is 1. The van der Waals surface area contributed by atoms with Gasteiger partial charge < -0.3 is 10.1 Å². The van der Waals surface area contributed by atoms with Gasteiger partial charge in [-0.25, -0.2) is 4.79 Å². The maximum atomic E-state index is 12.0. The van der Waals surface area contributed by atoms with E-state index < -0.39 is 28.8 Å². The normalized spacial score (nSPS) is 11.4. The third kappa shape index (κ3) is 1.93. The number of H-pyrrole nitrogens is 1. The third-order valence-corrected chi connectivity index (χ3v) is 1.45. The van der Waals surface area contributed by atoms with E-state index in [2.05, 4.69) is 0 Å². The maximum absolute atomic E-state index is 12.0. The van der Waals surface area contributed by atoms with Crippen LogP contribution >= 0.6 is 0 Å². The Balaban J connectivity index is 3.29.